The van der Waals surface area contributed by atoms with Crippen molar-refractivity contribution in [2.75, 3.05) is 25.6 Å². The molecule has 0 spiro atoms. The molecule has 0 aliphatic heterocycles. The van der Waals surface area contributed by atoms with Crippen LogP contribution >= 0.6 is 0 Å². The van der Waals surface area contributed by atoms with Gasteiger partial charge in [-0.15, -0.1) is 0 Å². The van der Waals surface area contributed by atoms with Gasteiger partial charge in [0.05, 0.1) is 24.9 Å². The van der Waals surface area contributed by atoms with Crippen LogP contribution in [0.2, 0.25) is 0 Å². The second-order valence-electron chi connectivity index (χ2n) is 5.46. The van der Waals surface area contributed by atoms with Gasteiger partial charge in [-0.05, 0) is 31.2 Å². The lowest BCUT2D eigenvalue weighted by Gasteiger charge is -2.10. The van der Waals surface area contributed by atoms with E-state index in [2.05, 4.69) is 15.4 Å². The Labute approximate surface area is 151 Å². The molecule has 0 bridgehead atoms. The maximum atomic E-state index is 12.0. The van der Waals surface area contributed by atoms with Gasteiger partial charge in [0.2, 0.25) is 5.91 Å². The van der Waals surface area contributed by atoms with Crippen LogP contribution in [0.4, 0.5) is 5.69 Å². The third kappa shape index (κ3) is 5.62. The van der Waals surface area contributed by atoms with E-state index in [4.69, 9.17) is 4.74 Å². The van der Waals surface area contributed by atoms with Gasteiger partial charge in [0.1, 0.15) is 5.75 Å². The maximum absolute atomic E-state index is 12.0. The van der Waals surface area contributed by atoms with E-state index in [0.717, 1.165) is 5.56 Å². The Morgan fingerprint density at radius 2 is 1.65 bits per heavy atom. The molecule has 2 aromatic carbocycles. The lowest BCUT2D eigenvalue weighted by atomic mass is 10.2. The summed E-state index contributed by atoms with van der Waals surface area (Å²) in [6.45, 7) is 1.51. The molecule has 2 aromatic rings. The Morgan fingerprint density at radius 3 is 2.35 bits per heavy atom. The van der Waals surface area contributed by atoms with Gasteiger partial charge in [0, 0.05) is 0 Å². The minimum Gasteiger partial charge on any atom is -0.484 e. The molecule has 0 heterocycles. The molecular weight excluding hydrogens is 336 g/mol. The molecule has 0 atom stereocenters. The maximum Gasteiger partial charge on any atom is 0.339 e. The van der Waals surface area contributed by atoms with Crippen molar-refractivity contribution >= 4 is 23.5 Å². The van der Waals surface area contributed by atoms with Gasteiger partial charge < -0.3 is 20.1 Å². The summed E-state index contributed by atoms with van der Waals surface area (Å²) in [4.78, 5) is 35.4. The molecular formula is C19H20N2O5. The Morgan fingerprint density at radius 1 is 0.962 bits per heavy atom. The Kier molecular flexibility index (Phi) is 6.73. The van der Waals surface area contributed by atoms with E-state index in [0.29, 0.717) is 11.4 Å². The molecule has 2 rings (SSSR count). The fourth-order valence-corrected chi connectivity index (χ4v) is 2.09. The first-order valence-corrected chi connectivity index (χ1v) is 7.93. The van der Waals surface area contributed by atoms with Gasteiger partial charge in [-0.2, -0.15) is 0 Å². The minimum absolute atomic E-state index is 0.199. The van der Waals surface area contributed by atoms with Crippen LogP contribution in [-0.4, -0.2) is 38.0 Å². The van der Waals surface area contributed by atoms with Crippen LogP contribution in [-0.2, 0) is 14.3 Å². The van der Waals surface area contributed by atoms with Crippen molar-refractivity contribution < 1.29 is 23.9 Å². The van der Waals surface area contributed by atoms with Gasteiger partial charge in [0.25, 0.3) is 5.91 Å². The Balaban J connectivity index is 1.80. The monoisotopic (exact) mass is 356 g/mol. The highest BCUT2D eigenvalue weighted by atomic mass is 16.5. The van der Waals surface area contributed by atoms with Crippen LogP contribution in [0.3, 0.4) is 0 Å². The first kappa shape index (κ1) is 19.0. The summed E-state index contributed by atoms with van der Waals surface area (Å²) in [5.41, 5.74) is 1.64. The van der Waals surface area contributed by atoms with Crippen molar-refractivity contribution in [3.63, 3.8) is 0 Å². The number of ether oxygens (including phenoxy) is 2. The molecule has 2 amide bonds. The minimum atomic E-state index is -0.559. The summed E-state index contributed by atoms with van der Waals surface area (Å²) < 4.78 is 10.00. The Bertz CT molecular complexity index is 787. The van der Waals surface area contributed by atoms with E-state index in [1.165, 1.54) is 13.2 Å². The summed E-state index contributed by atoms with van der Waals surface area (Å²) in [5, 5.41) is 5.02. The molecule has 2 N–H and O–H groups in total. The normalized spacial score (nSPS) is 9.92. The van der Waals surface area contributed by atoms with Crippen LogP contribution in [0, 0.1) is 6.92 Å². The molecule has 7 heteroatoms. The second kappa shape index (κ2) is 9.22. The number of rotatable bonds is 7. The van der Waals surface area contributed by atoms with Crippen LogP contribution in [0.15, 0.2) is 48.5 Å². The van der Waals surface area contributed by atoms with E-state index in [9.17, 15) is 14.4 Å². The number of hydrogen-bond acceptors (Lipinski definition) is 5. The smallest absolute Gasteiger partial charge is 0.339 e. The number of benzene rings is 2. The predicted molar refractivity (Wildman–Crippen MR) is 96.1 cm³/mol. The Hall–Kier alpha value is -3.35. The molecule has 0 saturated heterocycles. The highest BCUT2D eigenvalue weighted by Crippen LogP contribution is 2.15. The van der Waals surface area contributed by atoms with Gasteiger partial charge in [-0.3, -0.25) is 9.59 Å². The number of amides is 2. The molecule has 0 aromatic heterocycles. The van der Waals surface area contributed by atoms with Gasteiger partial charge in [-0.25, -0.2) is 4.79 Å². The summed E-state index contributed by atoms with van der Waals surface area (Å²) in [7, 11) is 1.26. The van der Waals surface area contributed by atoms with E-state index in [1.807, 2.05) is 19.1 Å². The van der Waals surface area contributed by atoms with Crippen LogP contribution in [0.5, 0.6) is 5.75 Å². The standard InChI is InChI=1S/C19H20N2O5/c1-13-7-9-14(10-8-13)26-12-18(23)20-11-17(22)21-16-6-4-3-5-15(16)19(24)25-2/h3-10H,11-12H2,1-2H3,(H,20,23)(H,21,22). The summed E-state index contributed by atoms with van der Waals surface area (Å²) in [6.07, 6.45) is 0. The van der Waals surface area contributed by atoms with E-state index in [1.54, 1.807) is 30.3 Å². The molecule has 7 nitrogen and oxygen atoms in total. The summed E-state index contributed by atoms with van der Waals surface area (Å²) >= 11 is 0. The molecule has 0 aliphatic carbocycles. The average molecular weight is 356 g/mol. The number of nitrogens with one attached hydrogen (secondary N) is 2. The highest BCUT2D eigenvalue weighted by Gasteiger charge is 2.13. The number of hydrogen-bond donors (Lipinski definition) is 2. The van der Waals surface area contributed by atoms with Crippen LogP contribution in [0.1, 0.15) is 15.9 Å². The zero-order valence-corrected chi connectivity index (χ0v) is 14.6. The van der Waals surface area contributed by atoms with E-state index >= 15 is 0 Å². The molecule has 0 aliphatic rings. The number of carbonyl (C=O) groups excluding carboxylic acids is 3. The zero-order chi connectivity index (χ0) is 18.9. The first-order valence-electron chi connectivity index (χ1n) is 7.93. The van der Waals surface area contributed by atoms with Crippen LogP contribution in [0.25, 0.3) is 0 Å². The first-order chi connectivity index (χ1) is 12.5. The number of esters is 1. The molecule has 0 radical (unpaired) electrons. The number of carbonyl (C=O) groups is 3. The molecule has 0 unspecified atom stereocenters. The molecule has 26 heavy (non-hydrogen) atoms. The third-order valence-electron chi connectivity index (χ3n) is 3.44. The van der Waals surface area contributed by atoms with Crippen molar-refractivity contribution in [2.24, 2.45) is 0 Å². The number of methoxy groups -OCH3 is 1. The van der Waals surface area contributed by atoms with E-state index < -0.39 is 17.8 Å². The molecule has 0 fully saturated rings. The van der Waals surface area contributed by atoms with Crippen molar-refractivity contribution in [1.82, 2.24) is 5.32 Å². The summed E-state index contributed by atoms with van der Waals surface area (Å²) in [6, 6.07) is 13.7. The van der Waals surface area contributed by atoms with Gasteiger partial charge in [-0.1, -0.05) is 29.8 Å². The SMILES string of the molecule is COC(=O)c1ccccc1NC(=O)CNC(=O)COc1ccc(C)cc1. The topological polar surface area (TPSA) is 93.7 Å². The quantitative estimate of drug-likeness (QED) is 0.739. The third-order valence-corrected chi connectivity index (χ3v) is 3.44. The van der Waals surface area contributed by atoms with Crippen molar-refractivity contribution in [3.05, 3.63) is 59.7 Å². The van der Waals surface area contributed by atoms with Crippen molar-refractivity contribution in [3.8, 4) is 5.75 Å². The number of aryl methyl sites for hydroxylation is 1. The fourth-order valence-electron chi connectivity index (χ4n) is 2.09. The van der Waals surface area contributed by atoms with Crippen LogP contribution < -0.4 is 15.4 Å². The fraction of sp³-hybridized carbons (Fsp3) is 0.211. The number of anilines is 1. The second-order valence-corrected chi connectivity index (χ2v) is 5.46. The predicted octanol–water partition coefficient (Wildman–Crippen LogP) is 1.92. The lowest BCUT2D eigenvalue weighted by molar-refractivity contribution is -0.125. The highest BCUT2D eigenvalue weighted by molar-refractivity contribution is 6.02. The van der Waals surface area contributed by atoms with Crippen molar-refractivity contribution in [1.29, 1.82) is 0 Å². The average Bonchev–Trinajstić information content (AvgIpc) is 2.65. The molecule has 136 valence electrons. The van der Waals surface area contributed by atoms with Crippen molar-refractivity contribution in [2.45, 2.75) is 6.92 Å². The lowest BCUT2D eigenvalue weighted by Crippen LogP contribution is -2.36. The van der Waals surface area contributed by atoms with Gasteiger partial charge in [0.15, 0.2) is 6.61 Å². The molecule has 0 saturated carbocycles. The largest absolute Gasteiger partial charge is 0.484 e. The zero-order valence-electron chi connectivity index (χ0n) is 14.6. The van der Waals surface area contributed by atoms with E-state index in [-0.39, 0.29) is 18.7 Å². The number of para-hydroxylation sites is 1. The van der Waals surface area contributed by atoms with Gasteiger partial charge >= 0.3 is 5.97 Å². The summed E-state index contributed by atoms with van der Waals surface area (Å²) in [5.74, 6) is -0.884.